The minimum atomic E-state index is 0.308. The molecule has 1 aliphatic carbocycles. The van der Waals surface area contributed by atoms with Crippen molar-refractivity contribution in [1.82, 2.24) is 19.4 Å². The summed E-state index contributed by atoms with van der Waals surface area (Å²) < 4.78 is 14.3. The molecule has 2 N–H and O–H groups in total. The fraction of sp³-hybridized carbons (Fsp3) is 0.400. The van der Waals surface area contributed by atoms with Crippen LogP contribution in [0, 0.1) is 5.92 Å². The van der Waals surface area contributed by atoms with Crippen molar-refractivity contribution in [2.45, 2.75) is 51.5 Å². The van der Waals surface area contributed by atoms with Crippen LogP contribution in [0.5, 0.6) is 5.75 Å². The van der Waals surface area contributed by atoms with Crippen molar-refractivity contribution in [3.63, 3.8) is 0 Å². The van der Waals surface area contributed by atoms with E-state index in [0.717, 1.165) is 65.9 Å². The number of aromatic nitrogens is 3. The lowest BCUT2D eigenvalue weighted by Crippen LogP contribution is -2.48. The van der Waals surface area contributed by atoms with Gasteiger partial charge in [0.25, 0.3) is 0 Å². The first-order chi connectivity index (χ1) is 18.0. The van der Waals surface area contributed by atoms with Crippen molar-refractivity contribution in [2.75, 3.05) is 25.4 Å². The van der Waals surface area contributed by atoms with Crippen molar-refractivity contribution >= 4 is 16.9 Å². The summed E-state index contributed by atoms with van der Waals surface area (Å²) in [4.78, 5) is 11.6. The van der Waals surface area contributed by atoms with Crippen LogP contribution in [0.4, 0.5) is 5.82 Å². The monoisotopic (exact) mass is 497 g/mol. The first-order valence-electron chi connectivity index (χ1n) is 13.3. The van der Waals surface area contributed by atoms with Crippen LogP contribution in [-0.4, -0.2) is 51.3 Å². The van der Waals surface area contributed by atoms with Gasteiger partial charge >= 0.3 is 0 Å². The van der Waals surface area contributed by atoms with Crippen molar-refractivity contribution in [3.05, 3.63) is 72.7 Å². The fourth-order valence-corrected chi connectivity index (χ4v) is 5.98. The van der Waals surface area contributed by atoms with E-state index in [-0.39, 0.29) is 0 Å². The summed E-state index contributed by atoms with van der Waals surface area (Å²) in [6.45, 7) is 8.06. The van der Waals surface area contributed by atoms with E-state index in [1.54, 1.807) is 6.33 Å². The summed E-state index contributed by atoms with van der Waals surface area (Å²) in [5.41, 5.74) is 10.6. The van der Waals surface area contributed by atoms with E-state index >= 15 is 0 Å². The number of ether oxygens (including phenoxy) is 2. The minimum absolute atomic E-state index is 0.308. The Hall–Kier alpha value is -3.42. The molecule has 37 heavy (non-hydrogen) atoms. The lowest BCUT2D eigenvalue weighted by molar-refractivity contribution is -0.0756. The molecule has 2 aromatic carbocycles. The van der Waals surface area contributed by atoms with Gasteiger partial charge in [-0.3, -0.25) is 4.90 Å². The number of morpholine rings is 1. The van der Waals surface area contributed by atoms with Crippen LogP contribution in [0.1, 0.15) is 38.3 Å². The van der Waals surface area contributed by atoms with Gasteiger partial charge in [0.15, 0.2) is 0 Å². The Morgan fingerprint density at radius 2 is 1.78 bits per heavy atom. The minimum Gasteiger partial charge on any atom is -0.489 e. The van der Waals surface area contributed by atoms with Gasteiger partial charge in [-0.25, -0.2) is 9.97 Å². The molecule has 1 saturated carbocycles. The highest BCUT2D eigenvalue weighted by molar-refractivity contribution is 6.00. The third-order valence-corrected chi connectivity index (χ3v) is 7.65. The Kier molecular flexibility index (Phi) is 6.57. The van der Waals surface area contributed by atoms with Gasteiger partial charge in [-0.15, -0.1) is 0 Å². The van der Waals surface area contributed by atoms with Crippen LogP contribution in [0.3, 0.4) is 0 Å². The van der Waals surface area contributed by atoms with Crippen molar-refractivity contribution in [1.29, 1.82) is 0 Å². The Morgan fingerprint density at radius 1 is 1.00 bits per heavy atom. The van der Waals surface area contributed by atoms with E-state index in [4.69, 9.17) is 15.2 Å². The molecule has 2 aliphatic rings. The average molecular weight is 498 g/mol. The maximum atomic E-state index is 6.40. The number of hydrogen-bond donors (Lipinski definition) is 1. The smallest absolute Gasteiger partial charge is 0.146 e. The fourth-order valence-electron chi connectivity index (χ4n) is 5.98. The Morgan fingerprint density at radius 3 is 2.57 bits per heavy atom. The molecule has 0 bridgehead atoms. The Balaban J connectivity index is 1.21. The predicted molar refractivity (Wildman–Crippen MR) is 146 cm³/mol. The highest BCUT2D eigenvalue weighted by atomic mass is 16.5. The van der Waals surface area contributed by atoms with Crippen molar-refractivity contribution in [3.8, 4) is 16.9 Å². The first-order valence-corrected chi connectivity index (χ1v) is 13.3. The highest BCUT2D eigenvalue weighted by Gasteiger charge is 2.35. The van der Waals surface area contributed by atoms with Crippen LogP contribution in [0.25, 0.3) is 22.2 Å². The molecule has 192 valence electrons. The van der Waals surface area contributed by atoms with Crippen molar-refractivity contribution < 1.29 is 9.47 Å². The molecule has 7 heteroatoms. The van der Waals surface area contributed by atoms with E-state index in [0.29, 0.717) is 36.6 Å². The van der Waals surface area contributed by atoms with Gasteiger partial charge in [0.05, 0.1) is 17.6 Å². The molecule has 6 rings (SSSR count). The molecule has 3 heterocycles. The predicted octanol–water partition coefficient (Wildman–Crippen LogP) is 5.32. The van der Waals surface area contributed by atoms with Gasteiger partial charge in [0, 0.05) is 37.4 Å². The number of hydrogen-bond acceptors (Lipinski definition) is 6. The molecule has 1 aliphatic heterocycles. The van der Waals surface area contributed by atoms with Crippen LogP contribution in [-0.2, 0) is 11.3 Å². The molecule has 4 aromatic rings. The summed E-state index contributed by atoms with van der Waals surface area (Å²) in [6.07, 6.45) is 6.70. The second-order valence-corrected chi connectivity index (χ2v) is 10.7. The second kappa shape index (κ2) is 10.1. The number of rotatable bonds is 7. The van der Waals surface area contributed by atoms with E-state index in [1.165, 1.54) is 0 Å². The number of nitrogens with zero attached hydrogens (tertiary/aromatic N) is 4. The summed E-state index contributed by atoms with van der Waals surface area (Å²) in [5.74, 6) is 2.04. The SMILES string of the molecule is CC1CN(C[C@H]2C[C@H](n3cc(-c4cccc(OCc5ccccc5)c4)c4c(N)ncnc43)C2)CC(C)O1. The van der Waals surface area contributed by atoms with Gasteiger partial charge in [-0.05, 0) is 55.9 Å². The third-order valence-electron chi connectivity index (χ3n) is 7.65. The first kappa shape index (κ1) is 23.9. The van der Waals surface area contributed by atoms with Crippen LogP contribution < -0.4 is 10.5 Å². The summed E-state index contributed by atoms with van der Waals surface area (Å²) in [7, 11) is 0. The van der Waals surface area contributed by atoms with Gasteiger partial charge in [-0.1, -0.05) is 42.5 Å². The number of benzene rings is 2. The average Bonchev–Trinajstić information content (AvgIpc) is 3.25. The molecular weight excluding hydrogens is 462 g/mol. The van der Waals surface area contributed by atoms with Crippen LogP contribution in [0.15, 0.2) is 67.1 Å². The summed E-state index contributed by atoms with van der Waals surface area (Å²) in [5, 5.41) is 0.919. The Labute approximate surface area is 218 Å². The maximum Gasteiger partial charge on any atom is 0.146 e. The molecule has 1 saturated heterocycles. The van der Waals surface area contributed by atoms with Crippen LogP contribution >= 0.6 is 0 Å². The molecule has 0 radical (unpaired) electrons. The zero-order valence-electron chi connectivity index (χ0n) is 21.6. The molecule has 0 spiro atoms. The topological polar surface area (TPSA) is 78.4 Å². The van der Waals surface area contributed by atoms with Gasteiger partial charge in [-0.2, -0.15) is 0 Å². The Bertz CT molecular complexity index is 1360. The maximum absolute atomic E-state index is 6.40. The molecule has 7 nitrogen and oxygen atoms in total. The largest absolute Gasteiger partial charge is 0.489 e. The lowest BCUT2D eigenvalue weighted by Gasteiger charge is -2.42. The second-order valence-electron chi connectivity index (χ2n) is 10.7. The van der Waals surface area contributed by atoms with E-state index in [2.05, 4.69) is 63.7 Å². The standard InChI is InChI=1S/C30H35N5O2/c1-20-14-34(15-21(2)37-20)16-23-11-25(12-23)35-17-27(28-29(31)32-19-33-30(28)35)24-9-6-10-26(13-24)36-18-22-7-4-3-5-8-22/h3-10,13,17,19-21,23,25H,11-12,14-16,18H2,1-2H3,(H2,31,32,33)/t20?,21?,23-,25-. The highest BCUT2D eigenvalue weighted by Crippen LogP contribution is 2.43. The zero-order valence-corrected chi connectivity index (χ0v) is 21.6. The summed E-state index contributed by atoms with van der Waals surface area (Å²) >= 11 is 0. The van der Waals surface area contributed by atoms with Gasteiger partial charge in [0.1, 0.15) is 30.1 Å². The molecule has 2 unspecified atom stereocenters. The molecular formula is C30H35N5O2. The van der Waals surface area contributed by atoms with Crippen molar-refractivity contribution in [2.24, 2.45) is 5.92 Å². The van der Waals surface area contributed by atoms with E-state index < -0.39 is 0 Å². The molecule has 0 amide bonds. The number of anilines is 1. The lowest BCUT2D eigenvalue weighted by atomic mass is 9.79. The van der Waals surface area contributed by atoms with Gasteiger partial charge in [0.2, 0.25) is 0 Å². The normalized spacial score (nSPS) is 24.2. The van der Waals surface area contributed by atoms with E-state index in [9.17, 15) is 0 Å². The van der Waals surface area contributed by atoms with E-state index in [1.807, 2.05) is 30.3 Å². The number of nitrogen functional groups attached to an aromatic ring is 1. The molecule has 2 atom stereocenters. The quantitative estimate of drug-likeness (QED) is 0.372. The number of fused-ring (bicyclic) bond motifs is 1. The summed E-state index contributed by atoms with van der Waals surface area (Å²) in [6, 6.07) is 18.8. The number of nitrogens with two attached hydrogens (primary N) is 1. The van der Waals surface area contributed by atoms with Gasteiger partial charge < -0.3 is 19.8 Å². The molecule has 2 fully saturated rings. The third kappa shape index (κ3) is 5.06. The molecule has 2 aromatic heterocycles. The zero-order chi connectivity index (χ0) is 25.4. The van der Waals surface area contributed by atoms with Crippen LogP contribution in [0.2, 0.25) is 0 Å².